The first-order valence-corrected chi connectivity index (χ1v) is 7.12. The van der Waals surface area contributed by atoms with Gasteiger partial charge in [0, 0.05) is 19.8 Å². The van der Waals surface area contributed by atoms with Crippen LogP contribution in [-0.4, -0.2) is 18.6 Å². The zero-order valence-corrected chi connectivity index (χ0v) is 12.6. The summed E-state index contributed by atoms with van der Waals surface area (Å²) in [6.07, 6.45) is 5.63. The van der Waals surface area contributed by atoms with Gasteiger partial charge in [0.05, 0.1) is 22.0 Å². The summed E-state index contributed by atoms with van der Waals surface area (Å²) in [4.78, 5) is 6.23. The number of hydrogen-bond donors (Lipinski definition) is 1. The lowest BCUT2D eigenvalue weighted by Gasteiger charge is -2.22. The monoisotopic (exact) mass is 319 g/mol. The maximum absolute atomic E-state index is 5.97. The van der Waals surface area contributed by atoms with Crippen LogP contribution >= 0.6 is 15.9 Å². The Balaban J connectivity index is 1.93. The fraction of sp³-hybridized carbons (Fsp3) is 0.267. The van der Waals surface area contributed by atoms with Crippen molar-refractivity contribution in [2.24, 2.45) is 0 Å². The summed E-state index contributed by atoms with van der Waals surface area (Å²) in [6.45, 7) is 0.960. The van der Waals surface area contributed by atoms with Crippen LogP contribution in [0.15, 0.2) is 47.2 Å². The second-order valence-corrected chi connectivity index (χ2v) is 5.42. The number of hydrogen-bond acceptors (Lipinski definition) is 3. The molecule has 0 saturated heterocycles. The number of pyridine rings is 1. The van der Waals surface area contributed by atoms with Crippen LogP contribution in [0.25, 0.3) is 0 Å². The van der Waals surface area contributed by atoms with Crippen molar-refractivity contribution >= 4 is 27.3 Å². The van der Waals surface area contributed by atoms with Crippen molar-refractivity contribution in [3.8, 4) is 0 Å². The van der Waals surface area contributed by atoms with Crippen LogP contribution in [0.1, 0.15) is 12.0 Å². The van der Waals surface area contributed by atoms with E-state index in [0.717, 1.165) is 29.5 Å². The van der Waals surface area contributed by atoms with Crippen molar-refractivity contribution in [2.45, 2.75) is 12.8 Å². The van der Waals surface area contributed by atoms with Gasteiger partial charge in [-0.05, 0) is 34.3 Å². The number of rotatable bonds is 5. The highest BCUT2D eigenvalue weighted by Crippen LogP contribution is 2.30. The van der Waals surface area contributed by atoms with Crippen LogP contribution in [0.3, 0.4) is 0 Å². The third kappa shape index (κ3) is 3.70. The maximum Gasteiger partial charge on any atom is 0.0773 e. The van der Waals surface area contributed by atoms with Crippen molar-refractivity contribution in [1.29, 1.82) is 0 Å². The molecule has 4 heteroatoms. The van der Waals surface area contributed by atoms with Crippen molar-refractivity contribution in [2.75, 3.05) is 24.2 Å². The Labute approximate surface area is 122 Å². The predicted molar refractivity (Wildman–Crippen MR) is 84.4 cm³/mol. The summed E-state index contributed by atoms with van der Waals surface area (Å²) >= 11 is 3.50. The van der Waals surface area contributed by atoms with Gasteiger partial charge < -0.3 is 10.6 Å². The van der Waals surface area contributed by atoms with E-state index in [2.05, 4.69) is 57.1 Å². The van der Waals surface area contributed by atoms with Gasteiger partial charge >= 0.3 is 0 Å². The number of halogens is 1. The molecular weight excluding hydrogens is 302 g/mol. The highest BCUT2D eigenvalue weighted by Gasteiger charge is 2.09. The van der Waals surface area contributed by atoms with E-state index in [9.17, 15) is 0 Å². The van der Waals surface area contributed by atoms with E-state index in [1.807, 2.05) is 6.07 Å². The summed E-state index contributed by atoms with van der Waals surface area (Å²) in [5, 5.41) is 0. The standard InChI is InChI=1S/C15H18BrN3/c1-19(15-13(16)10-18-11-14(15)17)9-5-8-12-6-3-2-4-7-12/h2-4,6-7,10-11H,5,8-9,17H2,1H3. The number of anilines is 2. The van der Waals surface area contributed by atoms with E-state index in [4.69, 9.17) is 5.73 Å². The molecule has 1 aromatic carbocycles. The molecule has 0 aliphatic rings. The molecule has 0 aliphatic carbocycles. The SMILES string of the molecule is CN(CCCc1ccccc1)c1c(N)cncc1Br. The summed E-state index contributed by atoms with van der Waals surface area (Å²) in [5.41, 5.74) is 9.07. The third-order valence-corrected chi connectivity index (χ3v) is 3.67. The lowest BCUT2D eigenvalue weighted by atomic mass is 10.1. The van der Waals surface area contributed by atoms with E-state index < -0.39 is 0 Å². The van der Waals surface area contributed by atoms with Gasteiger partial charge in [-0.2, -0.15) is 0 Å². The largest absolute Gasteiger partial charge is 0.396 e. The number of nitrogens with two attached hydrogens (primary N) is 1. The molecule has 0 atom stereocenters. The van der Waals surface area contributed by atoms with Gasteiger partial charge in [-0.25, -0.2) is 0 Å². The minimum Gasteiger partial charge on any atom is -0.396 e. The topological polar surface area (TPSA) is 42.1 Å². The fourth-order valence-corrected chi connectivity index (χ4v) is 2.77. The molecule has 2 aromatic rings. The zero-order chi connectivity index (χ0) is 13.7. The van der Waals surface area contributed by atoms with Crippen LogP contribution in [0.5, 0.6) is 0 Å². The predicted octanol–water partition coefficient (Wildman–Crippen LogP) is 3.50. The first-order valence-electron chi connectivity index (χ1n) is 6.32. The van der Waals surface area contributed by atoms with E-state index in [-0.39, 0.29) is 0 Å². The lowest BCUT2D eigenvalue weighted by Crippen LogP contribution is -2.21. The normalized spacial score (nSPS) is 10.4. The van der Waals surface area contributed by atoms with Gasteiger partial charge in [0.15, 0.2) is 0 Å². The third-order valence-electron chi connectivity index (χ3n) is 3.08. The van der Waals surface area contributed by atoms with Crippen LogP contribution in [0.4, 0.5) is 11.4 Å². The Morgan fingerprint density at radius 2 is 1.95 bits per heavy atom. The average molecular weight is 320 g/mol. The van der Waals surface area contributed by atoms with Crippen molar-refractivity contribution < 1.29 is 0 Å². The Kier molecular flexibility index (Phi) is 4.80. The van der Waals surface area contributed by atoms with Gasteiger partial charge in [-0.1, -0.05) is 30.3 Å². The number of nitrogen functional groups attached to an aromatic ring is 1. The molecule has 0 aliphatic heterocycles. The molecule has 1 heterocycles. The summed E-state index contributed by atoms with van der Waals surface area (Å²) in [5.74, 6) is 0. The minimum absolute atomic E-state index is 0.705. The molecule has 0 radical (unpaired) electrons. The molecule has 0 fully saturated rings. The van der Waals surface area contributed by atoms with Crippen molar-refractivity contribution in [3.05, 3.63) is 52.8 Å². The number of benzene rings is 1. The highest BCUT2D eigenvalue weighted by molar-refractivity contribution is 9.10. The molecule has 2 rings (SSSR count). The molecule has 2 N–H and O–H groups in total. The van der Waals surface area contributed by atoms with E-state index in [1.165, 1.54) is 5.56 Å². The number of aryl methyl sites for hydroxylation is 1. The Morgan fingerprint density at radius 1 is 1.21 bits per heavy atom. The average Bonchev–Trinajstić information content (AvgIpc) is 2.40. The van der Waals surface area contributed by atoms with Crippen molar-refractivity contribution in [3.63, 3.8) is 0 Å². The van der Waals surface area contributed by atoms with Crippen LogP contribution in [-0.2, 0) is 6.42 Å². The maximum atomic E-state index is 5.97. The van der Waals surface area contributed by atoms with E-state index in [1.54, 1.807) is 12.4 Å². The Morgan fingerprint density at radius 3 is 2.63 bits per heavy atom. The smallest absolute Gasteiger partial charge is 0.0773 e. The molecule has 100 valence electrons. The first-order chi connectivity index (χ1) is 9.18. The number of nitrogens with zero attached hydrogens (tertiary/aromatic N) is 2. The molecule has 0 saturated carbocycles. The van der Waals surface area contributed by atoms with Crippen LogP contribution in [0, 0.1) is 0 Å². The summed E-state index contributed by atoms with van der Waals surface area (Å²) < 4.78 is 0.940. The Bertz CT molecular complexity index is 508. The van der Waals surface area contributed by atoms with Gasteiger partial charge in [-0.15, -0.1) is 0 Å². The van der Waals surface area contributed by atoms with Crippen LogP contribution in [0.2, 0.25) is 0 Å². The summed E-state index contributed by atoms with van der Waals surface area (Å²) in [7, 11) is 2.06. The molecule has 0 bridgehead atoms. The molecule has 0 spiro atoms. The van der Waals surface area contributed by atoms with Crippen molar-refractivity contribution in [1.82, 2.24) is 4.98 Å². The quantitative estimate of drug-likeness (QED) is 0.917. The molecular formula is C15H18BrN3. The molecule has 0 unspecified atom stereocenters. The highest BCUT2D eigenvalue weighted by atomic mass is 79.9. The molecule has 3 nitrogen and oxygen atoms in total. The van der Waals surface area contributed by atoms with E-state index >= 15 is 0 Å². The summed E-state index contributed by atoms with van der Waals surface area (Å²) in [6, 6.07) is 10.5. The number of aromatic nitrogens is 1. The van der Waals surface area contributed by atoms with Gasteiger partial charge in [0.25, 0.3) is 0 Å². The van der Waals surface area contributed by atoms with Crippen LogP contribution < -0.4 is 10.6 Å². The van der Waals surface area contributed by atoms with Gasteiger partial charge in [0.1, 0.15) is 0 Å². The molecule has 19 heavy (non-hydrogen) atoms. The van der Waals surface area contributed by atoms with Gasteiger partial charge in [0.2, 0.25) is 0 Å². The van der Waals surface area contributed by atoms with E-state index in [0.29, 0.717) is 5.69 Å². The second kappa shape index (κ2) is 6.57. The Hall–Kier alpha value is -1.55. The van der Waals surface area contributed by atoms with Gasteiger partial charge in [-0.3, -0.25) is 4.98 Å². The zero-order valence-electron chi connectivity index (χ0n) is 11.0. The molecule has 0 amide bonds. The molecule has 1 aromatic heterocycles. The first kappa shape index (κ1) is 13.9. The minimum atomic E-state index is 0.705. The fourth-order valence-electron chi connectivity index (χ4n) is 2.12. The second-order valence-electron chi connectivity index (χ2n) is 4.57. The lowest BCUT2D eigenvalue weighted by molar-refractivity contribution is 0.785.